The van der Waals surface area contributed by atoms with Crippen LogP contribution in [0.1, 0.15) is 55.2 Å². The van der Waals surface area contributed by atoms with Crippen LogP contribution < -0.4 is 0 Å². The Morgan fingerprint density at radius 3 is 2.57 bits per heavy atom. The second-order valence-electron chi connectivity index (χ2n) is 9.22. The monoisotopic (exact) mass is 428 g/mol. The van der Waals surface area contributed by atoms with Crippen LogP contribution in [0.25, 0.3) is 0 Å². The van der Waals surface area contributed by atoms with Crippen molar-refractivity contribution in [2.45, 2.75) is 43.9 Å². The largest absolute Gasteiger partial charge is 0.340 e. The summed E-state index contributed by atoms with van der Waals surface area (Å²) < 4.78 is 17.5. The molecule has 7 heteroatoms. The zero-order chi connectivity index (χ0) is 20.5. The van der Waals surface area contributed by atoms with Crippen molar-refractivity contribution < 1.29 is 9.18 Å². The highest BCUT2D eigenvalue weighted by Crippen LogP contribution is 2.40. The average molecular weight is 429 g/mol. The van der Waals surface area contributed by atoms with Crippen molar-refractivity contribution in [1.29, 1.82) is 0 Å². The van der Waals surface area contributed by atoms with E-state index in [1.54, 1.807) is 0 Å². The maximum Gasteiger partial charge on any atom is 0.236 e. The molecule has 5 nitrogen and oxygen atoms in total. The highest BCUT2D eigenvalue weighted by molar-refractivity contribution is 7.03. The highest BCUT2D eigenvalue weighted by Gasteiger charge is 2.39. The molecule has 1 aliphatic carbocycles. The van der Waals surface area contributed by atoms with Gasteiger partial charge in [0, 0.05) is 36.9 Å². The van der Waals surface area contributed by atoms with E-state index in [9.17, 15) is 9.18 Å². The lowest BCUT2D eigenvalue weighted by Gasteiger charge is -2.41. The number of piperidine rings is 1. The number of benzene rings is 1. The number of halogens is 1. The molecule has 3 fully saturated rings. The molecule has 30 heavy (non-hydrogen) atoms. The van der Waals surface area contributed by atoms with Gasteiger partial charge in [-0.05, 0) is 60.5 Å². The van der Waals surface area contributed by atoms with Crippen LogP contribution >= 0.6 is 11.5 Å². The van der Waals surface area contributed by atoms with E-state index in [1.807, 2.05) is 22.4 Å². The number of likely N-dealkylation sites (tertiary alicyclic amines) is 2. The van der Waals surface area contributed by atoms with Gasteiger partial charge in [0.05, 0.1) is 12.2 Å². The Morgan fingerprint density at radius 1 is 1.03 bits per heavy atom. The summed E-state index contributed by atoms with van der Waals surface area (Å²) in [4.78, 5) is 17.6. The van der Waals surface area contributed by atoms with Crippen LogP contribution in [0, 0.1) is 17.7 Å². The lowest BCUT2D eigenvalue weighted by molar-refractivity contribution is -0.132. The molecule has 3 aliphatic rings. The zero-order valence-corrected chi connectivity index (χ0v) is 18.1. The van der Waals surface area contributed by atoms with Crippen molar-refractivity contribution in [2.75, 3.05) is 32.7 Å². The van der Waals surface area contributed by atoms with E-state index in [0.717, 1.165) is 36.2 Å². The molecule has 5 rings (SSSR count). The molecule has 1 aromatic carbocycles. The lowest BCUT2D eigenvalue weighted by atomic mass is 9.75. The second-order valence-corrected chi connectivity index (χ2v) is 9.83. The van der Waals surface area contributed by atoms with E-state index >= 15 is 0 Å². The number of hydrogen-bond acceptors (Lipinski definition) is 5. The molecule has 0 N–H and O–H groups in total. The van der Waals surface area contributed by atoms with Crippen LogP contribution in [0.5, 0.6) is 0 Å². The molecule has 2 aliphatic heterocycles. The Morgan fingerprint density at radius 2 is 1.80 bits per heavy atom. The highest BCUT2D eigenvalue weighted by atomic mass is 32.1. The molecular formula is C23H29FN4OS. The van der Waals surface area contributed by atoms with Gasteiger partial charge in [0.1, 0.15) is 5.82 Å². The third kappa shape index (κ3) is 4.14. The van der Waals surface area contributed by atoms with E-state index in [2.05, 4.69) is 14.5 Å². The summed E-state index contributed by atoms with van der Waals surface area (Å²) >= 11 is 1.34. The van der Waals surface area contributed by atoms with E-state index < -0.39 is 0 Å². The van der Waals surface area contributed by atoms with Gasteiger partial charge in [-0.3, -0.25) is 9.69 Å². The molecule has 0 spiro atoms. The lowest BCUT2D eigenvalue weighted by Crippen LogP contribution is -2.46. The molecule has 1 amide bonds. The van der Waals surface area contributed by atoms with E-state index in [4.69, 9.17) is 0 Å². The van der Waals surface area contributed by atoms with Crippen LogP contribution in [0.4, 0.5) is 4.39 Å². The van der Waals surface area contributed by atoms with Crippen molar-refractivity contribution in [2.24, 2.45) is 11.8 Å². The Labute approximate surface area is 181 Å². The average Bonchev–Trinajstić information content (AvgIpc) is 3.44. The maximum absolute atomic E-state index is 13.4. The summed E-state index contributed by atoms with van der Waals surface area (Å²) in [5.74, 6) is 1.87. The molecule has 0 bridgehead atoms. The van der Waals surface area contributed by atoms with Crippen molar-refractivity contribution in [3.8, 4) is 0 Å². The predicted molar refractivity (Wildman–Crippen MR) is 115 cm³/mol. The van der Waals surface area contributed by atoms with E-state index in [-0.39, 0.29) is 23.6 Å². The summed E-state index contributed by atoms with van der Waals surface area (Å²) in [6.07, 6.45) is 6.67. The molecule has 3 heterocycles. The standard InChI is InChI=1S/C23H29FN4OS/c24-19-7-5-17(6-8-19)20-12-28(13-21(20)22-15-30-26-25-22)23(29)14-27-10-9-16-3-1-2-4-18(16)11-27/h5-8,15-16,18,20-21H,1-4,9-14H2/t16-,18-,20-,21+/m0/s1. The predicted octanol–water partition coefficient (Wildman–Crippen LogP) is 3.90. The summed E-state index contributed by atoms with van der Waals surface area (Å²) in [6, 6.07) is 6.69. The van der Waals surface area contributed by atoms with Crippen LogP contribution in [-0.4, -0.2) is 58.0 Å². The minimum atomic E-state index is -0.234. The topological polar surface area (TPSA) is 49.3 Å². The minimum Gasteiger partial charge on any atom is -0.340 e. The first-order valence-corrected chi connectivity index (χ1v) is 12.0. The Kier molecular flexibility index (Phi) is 5.83. The molecular weight excluding hydrogens is 399 g/mol. The molecule has 4 atom stereocenters. The number of aromatic nitrogens is 2. The number of hydrogen-bond donors (Lipinski definition) is 0. The van der Waals surface area contributed by atoms with Gasteiger partial charge in [0.2, 0.25) is 5.91 Å². The summed E-state index contributed by atoms with van der Waals surface area (Å²) in [5, 5.41) is 6.27. The number of nitrogens with zero attached hydrogens (tertiary/aromatic N) is 4. The van der Waals surface area contributed by atoms with Gasteiger partial charge in [0.25, 0.3) is 0 Å². The maximum atomic E-state index is 13.4. The molecule has 1 saturated carbocycles. The molecule has 0 unspecified atom stereocenters. The van der Waals surface area contributed by atoms with Crippen LogP contribution in [-0.2, 0) is 4.79 Å². The smallest absolute Gasteiger partial charge is 0.236 e. The number of amides is 1. The summed E-state index contributed by atoms with van der Waals surface area (Å²) in [6.45, 7) is 3.95. The number of rotatable bonds is 4. The number of fused-ring (bicyclic) bond motifs is 1. The molecule has 0 radical (unpaired) electrons. The molecule has 2 saturated heterocycles. The first-order valence-electron chi connectivity index (χ1n) is 11.2. The van der Waals surface area contributed by atoms with Gasteiger partial charge in [-0.25, -0.2) is 4.39 Å². The van der Waals surface area contributed by atoms with E-state index in [0.29, 0.717) is 19.6 Å². The molecule has 2 aromatic rings. The SMILES string of the molecule is O=C(CN1CC[C@@H]2CCCC[C@H]2C1)N1C[C@@H](c2ccc(F)cc2)[C@H](c2csnn2)C1. The normalized spacial score (nSPS) is 29.7. The molecule has 1 aromatic heterocycles. The van der Waals surface area contributed by atoms with Crippen molar-refractivity contribution >= 4 is 17.4 Å². The fourth-order valence-electron chi connectivity index (χ4n) is 5.80. The van der Waals surface area contributed by atoms with Crippen molar-refractivity contribution in [1.82, 2.24) is 19.4 Å². The van der Waals surface area contributed by atoms with Crippen molar-refractivity contribution in [3.63, 3.8) is 0 Å². The van der Waals surface area contributed by atoms with Gasteiger partial charge in [-0.15, -0.1) is 5.10 Å². The van der Waals surface area contributed by atoms with Crippen molar-refractivity contribution in [3.05, 3.63) is 46.7 Å². The van der Waals surface area contributed by atoms with Gasteiger partial charge >= 0.3 is 0 Å². The van der Waals surface area contributed by atoms with Gasteiger partial charge in [-0.2, -0.15) is 0 Å². The summed E-state index contributed by atoms with van der Waals surface area (Å²) in [5.41, 5.74) is 2.00. The van der Waals surface area contributed by atoms with E-state index in [1.165, 1.54) is 55.8 Å². The van der Waals surface area contributed by atoms with Crippen LogP contribution in [0.15, 0.2) is 29.6 Å². The van der Waals surface area contributed by atoms with Gasteiger partial charge in [-0.1, -0.05) is 35.9 Å². The fourth-order valence-corrected chi connectivity index (χ4v) is 6.32. The second kappa shape index (κ2) is 8.71. The Balaban J connectivity index is 1.27. The number of carbonyl (C=O) groups excluding carboxylic acids is 1. The van der Waals surface area contributed by atoms with Gasteiger partial charge in [0.15, 0.2) is 0 Å². The minimum absolute atomic E-state index is 0.113. The zero-order valence-electron chi connectivity index (χ0n) is 17.3. The van der Waals surface area contributed by atoms with Crippen LogP contribution in [0.3, 0.4) is 0 Å². The van der Waals surface area contributed by atoms with Crippen LogP contribution in [0.2, 0.25) is 0 Å². The third-order valence-corrected chi connectivity index (χ3v) is 7.98. The number of carbonyl (C=O) groups is 1. The third-order valence-electron chi connectivity index (χ3n) is 7.46. The van der Waals surface area contributed by atoms with Gasteiger partial charge < -0.3 is 4.90 Å². The Bertz CT molecular complexity index is 859. The summed E-state index contributed by atoms with van der Waals surface area (Å²) in [7, 11) is 0. The first kappa shape index (κ1) is 20.1. The Hall–Kier alpha value is -1.86. The molecule has 160 valence electrons. The first-order chi connectivity index (χ1) is 14.7. The fraction of sp³-hybridized carbons (Fsp3) is 0.609. The quantitative estimate of drug-likeness (QED) is 0.741.